The van der Waals surface area contributed by atoms with Crippen LogP contribution in [0.4, 0.5) is 0 Å². The van der Waals surface area contributed by atoms with Crippen molar-refractivity contribution in [1.29, 1.82) is 0 Å². The third-order valence-electron chi connectivity index (χ3n) is 6.18. The Kier molecular flexibility index (Phi) is 8.45. The molecule has 1 aromatic heterocycles. The quantitative estimate of drug-likeness (QED) is 0.444. The van der Waals surface area contributed by atoms with Gasteiger partial charge in [0.15, 0.2) is 5.69 Å². The Labute approximate surface area is 217 Å². The van der Waals surface area contributed by atoms with Gasteiger partial charge < -0.3 is 19.5 Å². The zero-order valence-corrected chi connectivity index (χ0v) is 22.0. The molecule has 0 radical (unpaired) electrons. The average Bonchev–Trinajstić information content (AvgIpc) is 3.26. The third kappa shape index (κ3) is 6.87. The molecule has 1 N–H and O–H groups in total. The lowest BCUT2D eigenvalue weighted by Crippen LogP contribution is -2.45. The first-order valence-electron chi connectivity index (χ1n) is 12.7. The van der Waals surface area contributed by atoms with Crippen molar-refractivity contribution < 1.29 is 23.8 Å². The van der Waals surface area contributed by atoms with E-state index in [4.69, 9.17) is 19.3 Å². The standard InChI is InChI=1S/C28H36N4O5/c1-28(2,3)37-27(34)22(19-20-9-6-5-7-10-20)29-26(33)24-21-11-8-12-23(35-4)25(21)32(30-24)14-13-31-15-17-36-18-16-31/h5-12,22H,13-19H2,1-4H3,(H,29,33)/t22-/m0/s1. The second-order valence-electron chi connectivity index (χ2n) is 10.1. The summed E-state index contributed by atoms with van der Waals surface area (Å²) in [6, 6.07) is 14.2. The Balaban J connectivity index is 1.61. The predicted molar refractivity (Wildman–Crippen MR) is 141 cm³/mol. The maximum absolute atomic E-state index is 13.6. The Morgan fingerprint density at radius 2 is 1.78 bits per heavy atom. The highest BCUT2D eigenvalue weighted by atomic mass is 16.6. The van der Waals surface area contributed by atoms with Gasteiger partial charge in [0.2, 0.25) is 0 Å². The van der Waals surface area contributed by atoms with Gasteiger partial charge in [0, 0.05) is 31.4 Å². The molecule has 9 heteroatoms. The van der Waals surface area contributed by atoms with Crippen molar-refractivity contribution in [3.05, 3.63) is 59.8 Å². The number of nitrogens with one attached hydrogen (secondary N) is 1. The van der Waals surface area contributed by atoms with Crippen molar-refractivity contribution >= 4 is 22.8 Å². The van der Waals surface area contributed by atoms with Crippen molar-refractivity contribution in [3.8, 4) is 5.75 Å². The molecule has 2 heterocycles. The van der Waals surface area contributed by atoms with Crippen LogP contribution in [0.25, 0.3) is 10.9 Å². The molecule has 0 unspecified atom stereocenters. The first kappa shape index (κ1) is 26.6. The van der Waals surface area contributed by atoms with Gasteiger partial charge in [-0.15, -0.1) is 0 Å². The van der Waals surface area contributed by atoms with Crippen LogP contribution in [0.5, 0.6) is 5.75 Å². The number of carbonyl (C=O) groups excluding carboxylic acids is 2. The van der Waals surface area contributed by atoms with Crippen LogP contribution in [0.15, 0.2) is 48.5 Å². The van der Waals surface area contributed by atoms with Crippen LogP contribution in [0.2, 0.25) is 0 Å². The number of carbonyl (C=O) groups is 2. The summed E-state index contributed by atoms with van der Waals surface area (Å²) in [4.78, 5) is 29.0. The Morgan fingerprint density at radius 3 is 2.46 bits per heavy atom. The van der Waals surface area contributed by atoms with E-state index in [9.17, 15) is 9.59 Å². The molecule has 1 saturated heterocycles. The van der Waals surface area contributed by atoms with Gasteiger partial charge in [-0.05, 0) is 32.4 Å². The predicted octanol–water partition coefficient (Wildman–Crippen LogP) is 3.06. The molecule has 0 bridgehead atoms. The van der Waals surface area contributed by atoms with Gasteiger partial charge in [-0.25, -0.2) is 4.79 Å². The molecule has 1 fully saturated rings. The number of benzene rings is 2. The number of para-hydroxylation sites is 1. The second-order valence-corrected chi connectivity index (χ2v) is 10.1. The Hall–Kier alpha value is -3.43. The molecule has 9 nitrogen and oxygen atoms in total. The molecule has 1 atom stereocenters. The number of hydrogen-bond acceptors (Lipinski definition) is 7. The number of nitrogens with zero attached hydrogens (tertiary/aromatic N) is 3. The summed E-state index contributed by atoms with van der Waals surface area (Å²) in [6.45, 7) is 9.93. The molecular formula is C28H36N4O5. The number of hydrogen-bond donors (Lipinski definition) is 1. The third-order valence-corrected chi connectivity index (χ3v) is 6.18. The number of morpholine rings is 1. The van der Waals surface area contributed by atoms with Crippen molar-refractivity contribution in [2.45, 2.75) is 45.4 Å². The van der Waals surface area contributed by atoms with E-state index in [1.807, 2.05) is 74.0 Å². The van der Waals surface area contributed by atoms with Crippen LogP contribution in [-0.2, 0) is 27.2 Å². The van der Waals surface area contributed by atoms with E-state index in [1.165, 1.54) is 0 Å². The van der Waals surface area contributed by atoms with Crippen molar-refractivity contribution in [2.75, 3.05) is 40.0 Å². The van der Waals surface area contributed by atoms with Crippen molar-refractivity contribution in [1.82, 2.24) is 20.0 Å². The maximum Gasteiger partial charge on any atom is 0.329 e. The Morgan fingerprint density at radius 1 is 1.05 bits per heavy atom. The number of rotatable bonds is 9. The summed E-state index contributed by atoms with van der Waals surface area (Å²) in [6.07, 6.45) is 0.306. The van der Waals surface area contributed by atoms with Crippen LogP contribution in [0, 0.1) is 0 Å². The van der Waals surface area contributed by atoms with E-state index in [-0.39, 0.29) is 5.69 Å². The van der Waals surface area contributed by atoms with E-state index < -0.39 is 23.5 Å². The van der Waals surface area contributed by atoms with E-state index in [0.717, 1.165) is 30.7 Å². The van der Waals surface area contributed by atoms with Crippen LogP contribution in [-0.4, -0.2) is 78.2 Å². The lowest BCUT2D eigenvalue weighted by Gasteiger charge is -2.26. The summed E-state index contributed by atoms with van der Waals surface area (Å²) in [5.74, 6) is -0.285. The second kappa shape index (κ2) is 11.7. The molecule has 2 aromatic carbocycles. The number of fused-ring (bicyclic) bond motifs is 1. The Bertz CT molecular complexity index is 1210. The lowest BCUT2D eigenvalue weighted by atomic mass is 10.0. The molecule has 3 aromatic rings. The molecular weight excluding hydrogens is 472 g/mol. The molecule has 1 aliphatic rings. The number of aromatic nitrogens is 2. The largest absolute Gasteiger partial charge is 0.494 e. The molecule has 0 aliphatic carbocycles. The fourth-order valence-corrected chi connectivity index (χ4v) is 4.40. The monoisotopic (exact) mass is 508 g/mol. The van der Waals surface area contributed by atoms with Gasteiger partial charge in [-0.1, -0.05) is 42.5 Å². The van der Waals surface area contributed by atoms with Crippen LogP contribution in [0.1, 0.15) is 36.8 Å². The summed E-state index contributed by atoms with van der Waals surface area (Å²) in [5, 5.41) is 8.25. The van der Waals surface area contributed by atoms with Crippen molar-refractivity contribution in [2.24, 2.45) is 0 Å². The molecule has 1 aliphatic heterocycles. The van der Waals surface area contributed by atoms with Gasteiger partial charge >= 0.3 is 5.97 Å². The highest BCUT2D eigenvalue weighted by molar-refractivity contribution is 6.07. The van der Waals surface area contributed by atoms with Crippen LogP contribution < -0.4 is 10.1 Å². The van der Waals surface area contributed by atoms with Crippen LogP contribution in [0.3, 0.4) is 0 Å². The minimum Gasteiger partial charge on any atom is -0.494 e. The highest BCUT2D eigenvalue weighted by Gasteiger charge is 2.29. The van der Waals surface area contributed by atoms with Gasteiger partial charge in [0.25, 0.3) is 5.91 Å². The zero-order chi connectivity index (χ0) is 26.4. The molecule has 1 amide bonds. The van der Waals surface area contributed by atoms with Gasteiger partial charge in [-0.2, -0.15) is 5.10 Å². The molecule has 37 heavy (non-hydrogen) atoms. The topological polar surface area (TPSA) is 94.9 Å². The summed E-state index contributed by atoms with van der Waals surface area (Å²) >= 11 is 0. The molecule has 0 spiro atoms. The average molecular weight is 509 g/mol. The number of ether oxygens (including phenoxy) is 3. The summed E-state index contributed by atoms with van der Waals surface area (Å²) < 4.78 is 18.5. The summed E-state index contributed by atoms with van der Waals surface area (Å²) in [7, 11) is 1.60. The maximum atomic E-state index is 13.6. The van der Waals surface area contributed by atoms with E-state index in [2.05, 4.69) is 10.2 Å². The normalized spacial score (nSPS) is 15.4. The first-order chi connectivity index (χ1) is 17.7. The fraction of sp³-hybridized carbons (Fsp3) is 0.464. The number of amides is 1. The van der Waals surface area contributed by atoms with Gasteiger partial charge in [-0.3, -0.25) is 14.4 Å². The van der Waals surface area contributed by atoms with Gasteiger partial charge in [0.1, 0.15) is 22.9 Å². The van der Waals surface area contributed by atoms with E-state index in [0.29, 0.717) is 37.3 Å². The van der Waals surface area contributed by atoms with Crippen LogP contribution >= 0.6 is 0 Å². The number of methoxy groups -OCH3 is 1. The molecule has 198 valence electrons. The molecule has 4 rings (SSSR count). The fourth-order valence-electron chi connectivity index (χ4n) is 4.40. The van der Waals surface area contributed by atoms with Gasteiger partial charge in [0.05, 0.1) is 26.9 Å². The van der Waals surface area contributed by atoms with E-state index >= 15 is 0 Å². The minimum absolute atomic E-state index is 0.248. The van der Waals surface area contributed by atoms with Crippen molar-refractivity contribution in [3.63, 3.8) is 0 Å². The summed E-state index contributed by atoms with van der Waals surface area (Å²) in [5.41, 5.74) is 1.23. The SMILES string of the molecule is COc1cccc2c(C(=O)N[C@@H](Cc3ccccc3)C(=O)OC(C)(C)C)nn(CCN3CCOCC3)c12. The number of esters is 1. The highest BCUT2D eigenvalue weighted by Crippen LogP contribution is 2.28. The lowest BCUT2D eigenvalue weighted by molar-refractivity contribution is -0.157. The smallest absolute Gasteiger partial charge is 0.329 e. The minimum atomic E-state index is -0.867. The van der Waals surface area contributed by atoms with E-state index in [1.54, 1.807) is 7.11 Å². The zero-order valence-electron chi connectivity index (χ0n) is 22.0. The molecule has 0 saturated carbocycles. The first-order valence-corrected chi connectivity index (χ1v) is 12.7.